The van der Waals surface area contributed by atoms with Crippen LogP contribution >= 0.6 is 0 Å². The van der Waals surface area contributed by atoms with E-state index in [4.69, 9.17) is 4.74 Å². The highest BCUT2D eigenvalue weighted by Gasteiger charge is 2.11. The lowest BCUT2D eigenvalue weighted by Crippen LogP contribution is -2.37. The van der Waals surface area contributed by atoms with Gasteiger partial charge in [-0.25, -0.2) is 5.43 Å². The molecule has 6 heteroatoms. The Labute approximate surface area is 163 Å². The van der Waals surface area contributed by atoms with Crippen molar-refractivity contribution >= 4 is 28.8 Å². The molecule has 3 aromatic rings. The summed E-state index contributed by atoms with van der Waals surface area (Å²) in [6.07, 6.45) is 1.50. The van der Waals surface area contributed by atoms with Crippen molar-refractivity contribution in [2.45, 2.75) is 13.5 Å². The Morgan fingerprint density at radius 1 is 0.964 bits per heavy atom. The number of fused-ring (bicyclic) bond motifs is 1. The van der Waals surface area contributed by atoms with Crippen LogP contribution in [-0.4, -0.2) is 24.6 Å². The lowest BCUT2D eigenvalue weighted by molar-refractivity contribution is -0.139. The van der Waals surface area contributed by atoms with Crippen molar-refractivity contribution < 1.29 is 14.3 Å². The van der Waals surface area contributed by atoms with E-state index >= 15 is 0 Å². The smallest absolute Gasteiger partial charge is 0.329 e. The summed E-state index contributed by atoms with van der Waals surface area (Å²) in [4.78, 5) is 23.2. The first-order valence-corrected chi connectivity index (χ1v) is 8.98. The fraction of sp³-hybridized carbons (Fsp3) is 0.136. The van der Waals surface area contributed by atoms with Gasteiger partial charge in [-0.05, 0) is 29.3 Å². The second-order valence-corrected chi connectivity index (χ2v) is 6.03. The molecule has 0 bridgehead atoms. The SMILES string of the molecule is CCNC(=O)C(=O)N/N=C\c1c(OCc2ccccc2)ccc2ccccc12. The molecule has 0 radical (unpaired) electrons. The zero-order valence-electron chi connectivity index (χ0n) is 15.5. The van der Waals surface area contributed by atoms with Gasteiger partial charge in [0.1, 0.15) is 12.4 Å². The van der Waals surface area contributed by atoms with Crippen molar-refractivity contribution in [3.8, 4) is 5.75 Å². The van der Waals surface area contributed by atoms with Crippen LogP contribution in [0.5, 0.6) is 5.75 Å². The average Bonchev–Trinajstić information content (AvgIpc) is 2.73. The highest BCUT2D eigenvalue weighted by atomic mass is 16.5. The minimum atomic E-state index is -0.815. The van der Waals surface area contributed by atoms with E-state index in [-0.39, 0.29) is 0 Å². The Morgan fingerprint density at radius 2 is 1.71 bits per heavy atom. The zero-order chi connectivity index (χ0) is 19.8. The van der Waals surface area contributed by atoms with Crippen molar-refractivity contribution in [2.75, 3.05) is 6.54 Å². The fourth-order valence-corrected chi connectivity index (χ4v) is 2.72. The maximum atomic E-state index is 11.7. The van der Waals surface area contributed by atoms with Crippen molar-refractivity contribution in [2.24, 2.45) is 5.10 Å². The van der Waals surface area contributed by atoms with Crippen LogP contribution in [0.4, 0.5) is 0 Å². The van der Waals surface area contributed by atoms with E-state index < -0.39 is 11.8 Å². The summed E-state index contributed by atoms with van der Waals surface area (Å²) >= 11 is 0. The number of nitrogens with zero attached hydrogens (tertiary/aromatic N) is 1. The highest BCUT2D eigenvalue weighted by Crippen LogP contribution is 2.27. The number of likely N-dealkylation sites (N-methyl/N-ethyl adjacent to an activating group) is 1. The summed E-state index contributed by atoms with van der Waals surface area (Å²) in [5.41, 5.74) is 4.02. The topological polar surface area (TPSA) is 79.8 Å². The van der Waals surface area contributed by atoms with E-state index in [9.17, 15) is 9.59 Å². The molecule has 0 fully saturated rings. The van der Waals surface area contributed by atoms with Gasteiger partial charge in [0.2, 0.25) is 0 Å². The predicted octanol–water partition coefficient (Wildman–Crippen LogP) is 3.01. The molecule has 3 rings (SSSR count). The molecule has 0 unspecified atom stereocenters. The third-order valence-corrected chi connectivity index (χ3v) is 4.07. The molecule has 3 aromatic carbocycles. The Morgan fingerprint density at radius 3 is 2.50 bits per heavy atom. The third-order valence-electron chi connectivity index (χ3n) is 4.07. The molecule has 0 spiro atoms. The van der Waals surface area contributed by atoms with Gasteiger partial charge in [0.15, 0.2) is 0 Å². The number of carbonyl (C=O) groups excluding carboxylic acids is 2. The molecule has 0 aliphatic carbocycles. The number of hydrogen-bond donors (Lipinski definition) is 2. The van der Waals surface area contributed by atoms with Crippen molar-refractivity contribution in [3.05, 3.63) is 77.9 Å². The first-order chi connectivity index (χ1) is 13.7. The van der Waals surface area contributed by atoms with Gasteiger partial charge in [0.05, 0.1) is 6.21 Å². The summed E-state index contributed by atoms with van der Waals surface area (Å²) < 4.78 is 5.99. The van der Waals surface area contributed by atoms with Crippen molar-refractivity contribution in [1.82, 2.24) is 10.7 Å². The Balaban J connectivity index is 1.84. The van der Waals surface area contributed by atoms with Gasteiger partial charge in [0, 0.05) is 12.1 Å². The largest absolute Gasteiger partial charge is 0.488 e. The Bertz CT molecular complexity index is 1000. The quantitative estimate of drug-likeness (QED) is 0.395. The predicted molar refractivity (Wildman–Crippen MR) is 109 cm³/mol. The number of rotatable bonds is 6. The number of hydrogen-bond acceptors (Lipinski definition) is 4. The van der Waals surface area contributed by atoms with Crippen molar-refractivity contribution in [3.63, 3.8) is 0 Å². The van der Waals surface area contributed by atoms with Crippen molar-refractivity contribution in [1.29, 1.82) is 0 Å². The molecule has 142 valence electrons. The van der Waals surface area contributed by atoms with E-state index in [2.05, 4.69) is 15.8 Å². The van der Waals surface area contributed by atoms with E-state index in [0.29, 0.717) is 18.9 Å². The fourth-order valence-electron chi connectivity index (χ4n) is 2.72. The summed E-state index contributed by atoms with van der Waals surface area (Å²) in [6, 6.07) is 21.5. The summed E-state index contributed by atoms with van der Waals surface area (Å²) in [7, 11) is 0. The molecule has 6 nitrogen and oxygen atoms in total. The first-order valence-electron chi connectivity index (χ1n) is 8.98. The number of benzene rings is 3. The van der Waals surface area contributed by atoms with Crippen LogP contribution in [0.1, 0.15) is 18.1 Å². The third kappa shape index (κ3) is 4.73. The first kappa shape index (κ1) is 19.1. The number of hydrazone groups is 1. The van der Waals surface area contributed by atoms with Gasteiger partial charge in [-0.1, -0.05) is 60.7 Å². The summed E-state index contributed by atoms with van der Waals surface area (Å²) in [5.74, 6) is -0.901. The second kappa shape index (κ2) is 9.32. The normalized spacial score (nSPS) is 10.8. The average molecular weight is 375 g/mol. The lowest BCUT2D eigenvalue weighted by atomic mass is 10.0. The monoisotopic (exact) mass is 375 g/mol. The summed E-state index contributed by atoms with van der Waals surface area (Å²) in [5, 5.41) is 8.32. The Kier molecular flexibility index (Phi) is 6.36. The van der Waals surface area contributed by atoms with Gasteiger partial charge in [-0.2, -0.15) is 5.10 Å². The van der Waals surface area contributed by atoms with Gasteiger partial charge < -0.3 is 10.1 Å². The number of carbonyl (C=O) groups is 2. The van der Waals surface area contributed by atoms with E-state index in [0.717, 1.165) is 21.9 Å². The minimum Gasteiger partial charge on any atom is -0.488 e. The molecule has 2 amide bonds. The number of amides is 2. The van der Waals surface area contributed by atoms with Crippen LogP contribution in [0.25, 0.3) is 10.8 Å². The lowest BCUT2D eigenvalue weighted by Gasteiger charge is -2.12. The molecule has 2 N–H and O–H groups in total. The number of ether oxygens (including phenoxy) is 1. The Hall–Kier alpha value is -3.67. The molecule has 0 saturated carbocycles. The van der Waals surface area contributed by atoms with Gasteiger partial charge >= 0.3 is 11.8 Å². The van der Waals surface area contributed by atoms with Crippen LogP contribution in [0.3, 0.4) is 0 Å². The van der Waals surface area contributed by atoms with E-state index in [1.807, 2.05) is 66.7 Å². The zero-order valence-corrected chi connectivity index (χ0v) is 15.5. The maximum absolute atomic E-state index is 11.7. The molecule has 0 atom stereocenters. The number of nitrogens with one attached hydrogen (secondary N) is 2. The van der Waals surface area contributed by atoms with Gasteiger partial charge in [0.25, 0.3) is 0 Å². The molecular weight excluding hydrogens is 354 g/mol. The standard InChI is InChI=1S/C22H21N3O3/c1-2-23-21(26)22(27)25-24-14-19-18-11-7-6-10-17(18)12-13-20(19)28-15-16-8-4-3-5-9-16/h3-14H,2,15H2,1H3,(H,23,26)(H,25,27)/b24-14-. The van der Waals surface area contributed by atoms with Crippen LogP contribution in [0.15, 0.2) is 71.8 Å². The molecule has 28 heavy (non-hydrogen) atoms. The molecule has 0 saturated heterocycles. The maximum Gasteiger partial charge on any atom is 0.329 e. The second-order valence-electron chi connectivity index (χ2n) is 6.03. The van der Waals surface area contributed by atoms with Crippen LogP contribution in [-0.2, 0) is 16.2 Å². The van der Waals surface area contributed by atoms with E-state index in [1.54, 1.807) is 6.92 Å². The molecular formula is C22H21N3O3. The van der Waals surface area contributed by atoms with Gasteiger partial charge in [-0.3, -0.25) is 9.59 Å². The minimum absolute atomic E-state index is 0.372. The van der Waals surface area contributed by atoms with Crippen LogP contribution < -0.4 is 15.5 Å². The highest BCUT2D eigenvalue weighted by molar-refractivity contribution is 6.35. The molecule has 0 heterocycles. The van der Waals surface area contributed by atoms with E-state index in [1.165, 1.54) is 6.21 Å². The van der Waals surface area contributed by atoms with Crippen LogP contribution in [0.2, 0.25) is 0 Å². The molecule has 0 aliphatic heterocycles. The van der Waals surface area contributed by atoms with Gasteiger partial charge in [-0.15, -0.1) is 0 Å². The summed E-state index contributed by atoms with van der Waals surface area (Å²) in [6.45, 7) is 2.52. The molecule has 0 aromatic heterocycles. The molecule has 0 aliphatic rings. The van der Waals surface area contributed by atoms with Crippen LogP contribution in [0, 0.1) is 0 Å².